The molecule has 0 bridgehead atoms. The summed E-state index contributed by atoms with van der Waals surface area (Å²) in [6, 6.07) is 6.42. The Morgan fingerprint density at radius 1 is 1.35 bits per heavy atom. The van der Waals surface area contributed by atoms with E-state index in [1.807, 2.05) is 0 Å². The quantitative estimate of drug-likeness (QED) is 0.370. The Bertz CT molecular complexity index is 466. The molecule has 0 saturated carbocycles. The minimum Gasteiger partial charge on any atom is -0.378 e. The molecule has 1 rings (SSSR count). The van der Waals surface area contributed by atoms with Gasteiger partial charge in [-0.15, -0.1) is 0 Å². The minimum absolute atomic E-state index is 0.290. The van der Waals surface area contributed by atoms with Gasteiger partial charge in [0.2, 0.25) is 0 Å². The standard InChI is InChI=1S/C11H11BrN2O3/c1-13(2)7-10(14(16)17)11(15)8-3-5-9(12)6-4-8/h3-7H,1-2H3. The Labute approximate surface area is 107 Å². The first-order valence-corrected chi connectivity index (χ1v) is 5.54. The van der Waals surface area contributed by atoms with Crippen molar-refractivity contribution in [3.63, 3.8) is 0 Å². The van der Waals surface area contributed by atoms with Gasteiger partial charge in [-0.25, -0.2) is 0 Å². The van der Waals surface area contributed by atoms with Gasteiger partial charge in [0.05, 0.1) is 11.1 Å². The summed E-state index contributed by atoms with van der Waals surface area (Å²) in [6.07, 6.45) is 1.20. The molecule has 17 heavy (non-hydrogen) atoms. The lowest BCUT2D eigenvalue weighted by atomic mass is 10.1. The molecule has 0 unspecified atom stereocenters. The van der Waals surface area contributed by atoms with Crippen molar-refractivity contribution in [2.24, 2.45) is 0 Å². The van der Waals surface area contributed by atoms with Crippen LogP contribution in [0.3, 0.4) is 0 Å². The fourth-order valence-electron chi connectivity index (χ4n) is 1.18. The van der Waals surface area contributed by atoms with Gasteiger partial charge in [0, 0.05) is 24.1 Å². The molecular formula is C11H11BrN2O3. The Kier molecular flexibility index (Phi) is 4.39. The molecule has 5 nitrogen and oxygen atoms in total. The molecule has 0 N–H and O–H groups in total. The summed E-state index contributed by atoms with van der Waals surface area (Å²) in [5.41, 5.74) is -0.157. The summed E-state index contributed by atoms with van der Waals surface area (Å²) < 4.78 is 0.813. The van der Waals surface area contributed by atoms with E-state index in [9.17, 15) is 14.9 Å². The van der Waals surface area contributed by atoms with Crippen LogP contribution in [0.4, 0.5) is 0 Å². The van der Waals surface area contributed by atoms with Crippen LogP contribution in [0.15, 0.2) is 40.6 Å². The Morgan fingerprint density at radius 2 is 1.88 bits per heavy atom. The molecule has 0 atom stereocenters. The molecule has 0 aromatic heterocycles. The zero-order valence-electron chi connectivity index (χ0n) is 9.38. The van der Waals surface area contributed by atoms with Crippen LogP contribution < -0.4 is 0 Å². The third kappa shape index (κ3) is 3.67. The number of hydrogen-bond acceptors (Lipinski definition) is 4. The molecule has 6 heteroatoms. The van der Waals surface area contributed by atoms with E-state index in [4.69, 9.17) is 0 Å². The number of benzene rings is 1. The zero-order valence-corrected chi connectivity index (χ0v) is 11.0. The molecule has 1 aromatic rings. The molecule has 0 radical (unpaired) electrons. The first-order chi connectivity index (χ1) is 7.91. The monoisotopic (exact) mass is 298 g/mol. The first-order valence-electron chi connectivity index (χ1n) is 4.74. The molecule has 0 saturated heterocycles. The lowest BCUT2D eigenvalue weighted by molar-refractivity contribution is -0.417. The minimum atomic E-state index is -0.676. The largest absolute Gasteiger partial charge is 0.378 e. The van der Waals surface area contributed by atoms with Gasteiger partial charge in [0.15, 0.2) is 0 Å². The summed E-state index contributed by atoms with van der Waals surface area (Å²) in [6.45, 7) is 0. The maximum Gasteiger partial charge on any atom is 0.332 e. The second-order valence-electron chi connectivity index (χ2n) is 3.57. The van der Waals surface area contributed by atoms with Crippen molar-refractivity contribution in [1.82, 2.24) is 4.90 Å². The summed E-state index contributed by atoms with van der Waals surface area (Å²) in [5.74, 6) is -0.601. The van der Waals surface area contributed by atoms with Crippen molar-refractivity contribution in [2.45, 2.75) is 0 Å². The fraction of sp³-hybridized carbons (Fsp3) is 0.182. The molecular weight excluding hydrogens is 288 g/mol. The third-order valence-electron chi connectivity index (χ3n) is 1.92. The topological polar surface area (TPSA) is 63.5 Å². The van der Waals surface area contributed by atoms with E-state index in [2.05, 4.69) is 15.9 Å². The normalized spacial score (nSPS) is 11.1. The Hall–Kier alpha value is -1.69. The Morgan fingerprint density at radius 3 is 2.29 bits per heavy atom. The number of halogens is 1. The number of carbonyl (C=O) groups excluding carboxylic acids is 1. The molecule has 0 aliphatic heterocycles. The van der Waals surface area contributed by atoms with Crippen LogP contribution in [0.5, 0.6) is 0 Å². The van der Waals surface area contributed by atoms with Crippen LogP contribution in [-0.2, 0) is 0 Å². The smallest absolute Gasteiger partial charge is 0.332 e. The SMILES string of the molecule is CN(C)C=C(C(=O)c1ccc(Br)cc1)[N+](=O)[O-]. The maximum absolute atomic E-state index is 11.9. The van der Waals surface area contributed by atoms with E-state index in [1.165, 1.54) is 11.1 Å². The highest BCUT2D eigenvalue weighted by Crippen LogP contribution is 2.14. The predicted molar refractivity (Wildman–Crippen MR) is 67.2 cm³/mol. The Balaban J connectivity index is 3.09. The average Bonchev–Trinajstić information content (AvgIpc) is 2.25. The van der Waals surface area contributed by atoms with Crippen LogP contribution in [0, 0.1) is 10.1 Å². The molecule has 90 valence electrons. The highest BCUT2D eigenvalue weighted by Gasteiger charge is 2.23. The predicted octanol–water partition coefficient (Wildman–Crippen LogP) is 2.31. The van der Waals surface area contributed by atoms with Gasteiger partial charge < -0.3 is 4.90 Å². The van der Waals surface area contributed by atoms with Crippen molar-refractivity contribution in [3.05, 3.63) is 56.3 Å². The van der Waals surface area contributed by atoms with E-state index >= 15 is 0 Å². The number of ketones is 1. The lowest BCUT2D eigenvalue weighted by Gasteiger charge is -2.05. The van der Waals surface area contributed by atoms with Crippen LogP contribution in [0.2, 0.25) is 0 Å². The lowest BCUT2D eigenvalue weighted by Crippen LogP contribution is -2.16. The average molecular weight is 299 g/mol. The summed E-state index contributed by atoms with van der Waals surface area (Å²) in [4.78, 5) is 23.5. The van der Waals surface area contributed by atoms with Gasteiger partial charge in [0.25, 0.3) is 5.78 Å². The van der Waals surface area contributed by atoms with Gasteiger partial charge in [-0.3, -0.25) is 14.9 Å². The van der Waals surface area contributed by atoms with E-state index in [1.54, 1.807) is 38.4 Å². The van der Waals surface area contributed by atoms with E-state index in [0.717, 1.165) is 4.47 Å². The van der Waals surface area contributed by atoms with Crippen LogP contribution >= 0.6 is 15.9 Å². The second kappa shape index (κ2) is 5.58. The number of carbonyl (C=O) groups is 1. The summed E-state index contributed by atoms with van der Waals surface area (Å²) in [5, 5.41) is 10.8. The van der Waals surface area contributed by atoms with Crippen molar-refractivity contribution >= 4 is 21.7 Å². The van der Waals surface area contributed by atoms with Gasteiger partial charge in [-0.05, 0) is 24.3 Å². The number of rotatable bonds is 4. The van der Waals surface area contributed by atoms with Crippen molar-refractivity contribution in [1.29, 1.82) is 0 Å². The van der Waals surface area contributed by atoms with Crippen LogP contribution in [0.25, 0.3) is 0 Å². The first kappa shape index (κ1) is 13.4. The molecule has 1 aromatic carbocycles. The van der Waals surface area contributed by atoms with E-state index < -0.39 is 16.4 Å². The number of nitrogens with zero attached hydrogens (tertiary/aromatic N) is 2. The van der Waals surface area contributed by atoms with E-state index in [-0.39, 0.29) is 5.56 Å². The highest BCUT2D eigenvalue weighted by molar-refractivity contribution is 9.10. The molecule has 0 fully saturated rings. The molecule has 0 aliphatic rings. The molecule has 0 amide bonds. The molecule has 0 heterocycles. The molecule has 0 spiro atoms. The third-order valence-corrected chi connectivity index (χ3v) is 2.44. The maximum atomic E-state index is 11.9. The van der Waals surface area contributed by atoms with Crippen molar-refractivity contribution in [3.8, 4) is 0 Å². The number of Topliss-reactive ketones (excluding diaryl/α,β-unsaturated/α-hetero) is 1. The van der Waals surface area contributed by atoms with Crippen molar-refractivity contribution in [2.75, 3.05) is 14.1 Å². The highest BCUT2D eigenvalue weighted by atomic mass is 79.9. The fourth-order valence-corrected chi connectivity index (χ4v) is 1.45. The van der Waals surface area contributed by atoms with Gasteiger partial charge in [-0.1, -0.05) is 15.9 Å². The number of allylic oxidation sites excluding steroid dienone is 1. The molecule has 0 aliphatic carbocycles. The number of hydrogen-bond donors (Lipinski definition) is 0. The van der Waals surface area contributed by atoms with E-state index in [0.29, 0.717) is 0 Å². The van der Waals surface area contributed by atoms with Gasteiger partial charge >= 0.3 is 5.70 Å². The second-order valence-corrected chi connectivity index (χ2v) is 4.49. The number of nitro groups is 1. The van der Waals surface area contributed by atoms with Crippen molar-refractivity contribution < 1.29 is 9.72 Å². The van der Waals surface area contributed by atoms with Gasteiger partial charge in [-0.2, -0.15) is 0 Å². The van der Waals surface area contributed by atoms with Crippen LogP contribution in [-0.4, -0.2) is 29.7 Å². The van der Waals surface area contributed by atoms with Crippen LogP contribution in [0.1, 0.15) is 10.4 Å². The zero-order chi connectivity index (χ0) is 13.0. The van der Waals surface area contributed by atoms with Gasteiger partial charge in [0.1, 0.15) is 0 Å². The summed E-state index contributed by atoms with van der Waals surface area (Å²) >= 11 is 3.23. The summed E-state index contributed by atoms with van der Waals surface area (Å²) in [7, 11) is 3.25.